The third-order valence-corrected chi connectivity index (χ3v) is 2.16. The molecule has 3 nitrogen and oxygen atoms in total. The first kappa shape index (κ1) is 12.2. The van der Waals surface area contributed by atoms with Gasteiger partial charge in [0.15, 0.2) is 0 Å². The van der Waals surface area contributed by atoms with E-state index >= 15 is 0 Å². The summed E-state index contributed by atoms with van der Waals surface area (Å²) >= 11 is 0. The number of nitrogen functional groups attached to an aromatic ring is 1. The van der Waals surface area contributed by atoms with Crippen molar-refractivity contribution in [3.8, 4) is 16.9 Å². The summed E-state index contributed by atoms with van der Waals surface area (Å²) in [6, 6.07) is 7.26. The van der Waals surface area contributed by atoms with Crippen molar-refractivity contribution >= 4 is 5.69 Å². The Morgan fingerprint density at radius 2 is 1.83 bits per heavy atom. The number of hydrogen-bond donors (Lipinski definition) is 1. The topological polar surface area (TPSA) is 48.1 Å². The summed E-state index contributed by atoms with van der Waals surface area (Å²) in [6.07, 6.45) is -1.73. The van der Waals surface area contributed by atoms with Crippen LogP contribution in [0.4, 0.5) is 18.9 Å². The van der Waals surface area contributed by atoms with Gasteiger partial charge in [0.25, 0.3) is 0 Å². The Bertz CT molecular complexity index is 555. The molecule has 0 saturated carbocycles. The molecule has 94 valence electrons. The van der Waals surface area contributed by atoms with Crippen LogP contribution in [0.25, 0.3) is 11.1 Å². The highest BCUT2D eigenvalue weighted by Gasteiger charge is 2.31. The minimum Gasteiger partial charge on any atom is -0.406 e. The number of ether oxygens (including phenoxy) is 1. The molecule has 2 rings (SSSR count). The van der Waals surface area contributed by atoms with Crippen LogP contribution in [0.15, 0.2) is 42.7 Å². The van der Waals surface area contributed by atoms with Gasteiger partial charge < -0.3 is 10.5 Å². The fourth-order valence-corrected chi connectivity index (χ4v) is 1.49. The van der Waals surface area contributed by atoms with Crippen LogP contribution in [0.3, 0.4) is 0 Å². The maximum Gasteiger partial charge on any atom is 0.573 e. The number of alkyl halides is 3. The predicted molar refractivity (Wildman–Crippen MR) is 60.8 cm³/mol. The minimum atomic E-state index is -4.70. The first-order chi connectivity index (χ1) is 8.44. The molecule has 0 saturated heterocycles. The average molecular weight is 254 g/mol. The van der Waals surface area contributed by atoms with Gasteiger partial charge in [-0.15, -0.1) is 13.2 Å². The second-order valence-electron chi connectivity index (χ2n) is 3.58. The number of hydrogen-bond acceptors (Lipinski definition) is 3. The van der Waals surface area contributed by atoms with Crippen LogP contribution in [-0.2, 0) is 0 Å². The third kappa shape index (κ3) is 3.13. The summed E-state index contributed by atoms with van der Waals surface area (Å²) in [5.41, 5.74) is 7.18. The van der Waals surface area contributed by atoms with Crippen molar-refractivity contribution in [1.29, 1.82) is 0 Å². The molecule has 1 aromatic heterocycles. The molecule has 0 unspecified atom stereocenters. The molecular weight excluding hydrogens is 245 g/mol. The van der Waals surface area contributed by atoms with Gasteiger partial charge in [0.05, 0.1) is 5.69 Å². The molecule has 0 radical (unpaired) electrons. The van der Waals surface area contributed by atoms with E-state index in [4.69, 9.17) is 5.73 Å². The smallest absolute Gasteiger partial charge is 0.406 e. The third-order valence-electron chi connectivity index (χ3n) is 2.16. The van der Waals surface area contributed by atoms with Gasteiger partial charge in [0, 0.05) is 18.0 Å². The lowest BCUT2D eigenvalue weighted by molar-refractivity contribution is -0.274. The Morgan fingerprint density at radius 3 is 2.50 bits per heavy atom. The molecule has 1 aromatic carbocycles. The Balaban J connectivity index is 2.33. The van der Waals surface area contributed by atoms with Gasteiger partial charge in [-0.1, -0.05) is 12.1 Å². The molecule has 1 heterocycles. The molecule has 2 N–H and O–H groups in total. The Labute approximate surface area is 101 Å². The molecule has 0 atom stereocenters. The number of rotatable bonds is 2. The summed E-state index contributed by atoms with van der Waals surface area (Å²) in [5, 5.41) is 0. The zero-order chi connectivity index (χ0) is 13.2. The molecule has 0 aliphatic carbocycles. The summed E-state index contributed by atoms with van der Waals surface area (Å²) < 4.78 is 40.1. The second kappa shape index (κ2) is 4.56. The summed E-state index contributed by atoms with van der Waals surface area (Å²) in [5.74, 6) is -0.276. The number of aromatic nitrogens is 1. The molecule has 0 aliphatic rings. The number of halogens is 3. The van der Waals surface area contributed by atoms with Crippen LogP contribution in [0.5, 0.6) is 5.75 Å². The van der Waals surface area contributed by atoms with E-state index in [0.29, 0.717) is 16.8 Å². The number of benzene rings is 1. The first-order valence-corrected chi connectivity index (χ1v) is 5.01. The zero-order valence-electron chi connectivity index (χ0n) is 9.11. The standard InChI is InChI=1S/C12H9F3N2O/c13-12(14,15)18-11-3-1-2-8(5-11)9-4-10(16)7-17-6-9/h1-7H,16H2. The van der Waals surface area contributed by atoms with Crippen LogP contribution in [0.2, 0.25) is 0 Å². The molecule has 0 amide bonds. The van der Waals surface area contributed by atoms with E-state index in [1.54, 1.807) is 12.1 Å². The monoisotopic (exact) mass is 254 g/mol. The average Bonchev–Trinajstić information content (AvgIpc) is 2.27. The van der Waals surface area contributed by atoms with Gasteiger partial charge in [-0.05, 0) is 23.8 Å². The van der Waals surface area contributed by atoms with Crippen LogP contribution in [-0.4, -0.2) is 11.3 Å². The maximum atomic E-state index is 12.1. The number of anilines is 1. The fraction of sp³-hybridized carbons (Fsp3) is 0.0833. The minimum absolute atomic E-state index is 0.276. The quantitative estimate of drug-likeness (QED) is 0.895. The lowest BCUT2D eigenvalue weighted by Crippen LogP contribution is -2.17. The molecule has 18 heavy (non-hydrogen) atoms. The predicted octanol–water partition coefficient (Wildman–Crippen LogP) is 3.23. The van der Waals surface area contributed by atoms with Crippen LogP contribution < -0.4 is 10.5 Å². The van der Waals surface area contributed by atoms with Crippen LogP contribution in [0.1, 0.15) is 0 Å². The molecule has 0 fully saturated rings. The van der Waals surface area contributed by atoms with E-state index < -0.39 is 6.36 Å². The summed E-state index contributed by atoms with van der Waals surface area (Å²) in [7, 11) is 0. The Hall–Kier alpha value is -2.24. The van der Waals surface area contributed by atoms with Crippen molar-refractivity contribution in [3.63, 3.8) is 0 Å². The highest BCUT2D eigenvalue weighted by molar-refractivity contribution is 5.67. The molecule has 0 spiro atoms. The molecule has 0 bridgehead atoms. The first-order valence-electron chi connectivity index (χ1n) is 5.01. The molecule has 0 aliphatic heterocycles. The van der Waals surface area contributed by atoms with E-state index in [1.807, 2.05) is 0 Å². The lowest BCUT2D eigenvalue weighted by atomic mass is 10.1. The van der Waals surface area contributed by atoms with Gasteiger partial charge >= 0.3 is 6.36 Å². The Kier molecular flexibility index (Phi) is 3.10. The van der Waals surface area contributed by atoms with Gasteiger partial charge in [0.2, 0.25) is 0 Å². The molecular formula is C12H9F3N2O. The van der Waals surface area contributed by atoms with Crippen molar-refractivity contribution in [2.24, 2.45) is 0 Å². The van der Waals surface area contributed by atoms with Gasteiger partial charge in [-0.2, -0.15) is 0 Å². The largest absolute Gasteiger partial charge is 0.573 e. The molecule has 2 aromatic rings. The number of nitrogens with zero attached hydrogens (tertiary/aromatic N) is 1. The fourth-order valence-electron chi connectivity index (χ4n) is 1.49. The highest BCUT2D eigenvalue weighted by Crippen LogP contribution is 2.28. The van der Waals surface area contributed by atoms with Gasteiger partial charge in [0.1, 0.15) is 5.75 Å². The lowest BCUT2D eigenvalue weighted by Gasteiger charge is -2.10. The Morgan fingerprint density at radius 1 is 1.06 bits per heavy atom. The summed E-state index contributed by atoms with van der Waals surface area (Å²) in [6.45, 7) is 0. The summed E-state index contributed by atoms with van der Waals surface area (Å²) in [4.78, 5) is 3.88. The molecule has 6 heteroatoms. The van der Waals surface area contributed by atoms with Crippen LogP contribution >= 0.6 is 0 Å². The van der Waals surface area contributed by atoms with Crippen LogP contribution in [0, 0.1) is 0 Å². The second-order valence-corrected chi connectivity index (χ2v) is 3.58. The number of nitrogens with two attached hydrogens (primary N) is 1. The highest BCUT2D eigenvalue weighted by atomic mass is 19.4. The van der Waals surface area contributed by atoms with E-state index in [2.05, 4.69) is 9.72 Å². The van der Waals surface area contributed by atoms with Crippen molar-refractivity contribution in [2.45, 2.75) is 6.36 Å². The maximum absolute atomic E-state index is 12.1. The normalized spacial score (nSPS) is 11.3. The van der Waals surface area contributed by atoms with Crippen molar-refractivity contribution in [3.05, 3.63) is 42.7 Å². The van der Waals surface area contributed by atoms with E-state index in [1.165, 1.54) is 30.6 Å². The number of pyridine rings is 1. The zero-order valence-corrected chi connectivity index (χ0v) is 9.11. The van der Waals surface area contributed by atoms with E-state index in [0.717, 1.165) is 0 Å². The van der Waals surface area contributed by atoms with E-state index in [-0.39, 0.29) is 5.75 Å². The SMILES string of the molecule is Nc1cncc(-c2cccc(OC(F)(F)F)c2)c1. The van der Waals surface area contributed by atoms with Crippen molar-refractivity contribution in [1.82, 2.24) is 4.98 Å². The van der Waals surface area contributed by atoms with E-state index in [9.17, 15) is 13.2 Å². The van der Waals surface area contributed by atoms with Gasteiger partial charge in [-0.25, -0.2) is 0 Å². The van der Waals surface area contributed by atoms with Crippen molar-refractivity contribution < 1.29 is 17.9 Å². The van der Waals surface area contributed by atoms with Gasteiger partial charge in [-0.3, -0.25) is 4.98 Å². The van der Waals surface area contributed by atoms with Crippen molar-refractivity contribution in [2.75, 3.05) is 5.73 Å².